The maximum absolute atomic E-state index is 11.8. The van der Waals surface area contributed by atoms with Gasteiger partial charge in [0.2, 0.25) is 5.91 Å². The van der Waals surface area contributed by atoms with Crippen molar-refractivity contribution in [2.45, 2.75) is 19.4 Å². The monoisotopic (exact) mass is 280 g/mol. The normalized spacial score (nSPS) is 10.3. The predicted octanol–water partition coefficient (Wildman–Crippen LogP) is 1.41. The first-order chi connectivity index (χ1) is 9.67. The van der Waals surface area contributed by atoms with Gasteiger partial charge < -0.3 is 20.1 Å². The Hall–Kier alpha value is -1.59. The first-order valence-electron chi connectivity index (χ1n) is 6.82. The van der Waals surface area contributed by atoms with E-state index in [2.05, 4.69) is 0 Å². The van der Waals surface area contributed by atoms with Crippen molar-refractivity contribution >= 4 is 5.91 Å². The molecule has 0 saturated heterocycles. The lowest BCUT2D eigenvalue weighted by atomic mass is 10.2. The third kappa shape index (κ3) is 6.04. The van der Waals surface area contributed by atoms with Gasteiger partial charge in [0.15, 0.2) is 0 Å². The van der Waals surface area contributed by atoms with Crippen molar-refractivity contribution in [3.8, 4) is 5.75 Å². The van der Waals surface area contributed by atoms with E-state index in [4.69, 9.17) is 15.2 Å². The van der Waals surface area contributed by atoms with Crippen LogP contribution in [-0.2, 0) is 16.1 Å². The summed E-state index contributed by atoms with van der Waals surface area (Å²) in [6.07, 6.45) is 1.19. The molecular weight excluding hydrogens is 256 g/mol. The molecule has 0 aliphatic carbocycles. The quantitative estimate of drug-likeness (QED) is 0.743. The van der Waals surface area contributed by atoms with Crippen LogP contribution in [0.1, 0.15) is 18.4 Å². The Morgan fingerprint density at radius 1 is 1.40 bits per heavy atom. The largest absolute Gasteiger partial charge is 0.493 e. The highest BCUT2D eigenvalue weighted by Crippen LogP contribution is 2.14. The molecule has 20 heavy (non-hydrogen) atoms. The fourth-order valence-electron chi connectivity index (χ4n) is 1.79. The second-order valence-electron chi connectivity index (χ2n) is 4.64. The van der Waals surface area contributed by atoms with Gasteiger partial charge in [0.1, 0.15) is 5.75 Å². The number of rotatable bonds is 9. The van der Waals surface area contributed by atoms with Gasteiger partial charge in [-0.15, -0.1) is 0 Å². The maximum Gasteiger partial charge on any atom is 0.225 e. The molecule has 0 radical (unpaired) electrons. The zero-order valence-electron chi connectivity index (χ0n) is 12.3. The molecule has 0 aliphatic rings. The van der Waals surface area contributed by atoms with E-state index in [-0.39, 0.29) is 5.91 Å². The molecule has 0 spiro atoms. The Morgan fingerprint density at radius 2 is 2.20 bits per heavy atom. The van der Waals surface area contributed by atoms with Crippen LogP contribution in [0.4, 0.5) is 0 Å². The Morgan fingerprint density at radius 3 is 2.90 bits per heavy atom. The van der Waals surface area contributed by atoms with Crippen LogP contribution in [0.15, 0.2) is 24.3 Å². The van der Waals surface area contributed by atoms with E-state index in [1.165, 1.54) is 0 Å². The highest BCUT2D eigenvalue weighted by atomic mass is 16.5. The highest BCUT2D eigenvalue weighted by Gasteiger charge is 2.08. The number of carbonyl (C=O) groups excluding carboxylic acids is 1. The number of hydrogen-bond donors (Lipinski definition) is 1. The van der Waals surface area contributed by atoms with Gasteiger partial charge in [-0.2, -0.15) is 0 Å². The topological polar surface area (TPSA) is 64.8 Å². The summed E-state index contributed by atoms with van der Waals surface area (Å²) in [6, 6.07) is 7.69. The number of nitrogens with two attached hydrogens (primary N) is 1. The summed E-state index contributed by atoms with van der Waals surface area (Å²) < 4.78 is 10.7. The van der Waals surface area contributed by atoms with E-state index in [0.29, 0.717) is 32.7 Å². The number of amides is 1. The molecular formula is C15H24N2O3. The fourth-order valence-corrected chi connectivity index (χ4v) is 1.79. The molecule has 1 rings (SSSR count). The summed E-state index contributed by atoms with van der Waals surface area (Å²) in [7, 11) is 3.45. The molecule has 0 unspecified atom stereocenters. The van der Waals surface area contributed by atoms with Crippen molar-refractivity contribution in [2.24, 2.45) is 5.73 Å². The minimum atomic E-state index is 0.0755. The lowest BCUT2D eigenvalue weighted by molar-refractivity contribution is -0.130. The molecule has 1 aromatic rings. The van der Waals surface area contributed by atoms with E-state index in [1.54, 1.807) is 19.1 Å². The van der Waals surface area contributed by atoms with Crippen molar-refractivity contribution in [3.05, 3.63) is 29.8 Å². The third-order valence-electron chi connectivity index (χ3n) is 2.92. The molecule has 0 heterocycles. The summed E-state index contributed by atoms with van der Waals surface area (Å²) in [6.45, 7) is 2.22. The SMILES string of the molecule is COCc1cccc(OCCC(=O)N(C)CCCN)c1. The van der Waals surface area contributed by atoms with Crippen molar-refractivity contribution in [2.75, 3.05) is 33.9 Å². The van der Waals surface area contributed by atoms with Gasteiger partial charge in [-0.1, -0.05) is 12.1 Å². The lowest BCUT2D eigenvalue weighted by Gasteiger charge is -2.16. The predicted molar refractivity (Wildman–Crippen MR) is 78.6 cm³/mol. The van der Waals surface area contributed by atoms with Crippen LogP contribution >= 0.6 is 0 Å². The van der Waals surface area contributed by atoms with Crippen LogP contribution in [0.25, 0.3) is 0 Å². The zero-order chi connectivity index (χ0) is 14.8. The molecule has 2 N–H and O–H groups in total. The van der Waals surface area contributed by atoms with Crippen LogP contribution in [0.3, 0.4) is 0 Å². The van der Waals surface area contributed by atoms with Crippen LogP contribution in [-0.4, -0.2) is 44.7 Å². The van der Waals surface area contributed by atoms with E-state index >= 15 is 0 Å². The molecule has 1 amide bonds. The standard InChI is InChI=1S/C15H24N2O3/c1-17(9-4-8-16)15(18)7-10-20-14-6-3-5-13(11-14)12-19-2/h3,5-6,11H,4,7-10,12,16H2,1-2H3. The summed E-state index contributed by atoms with van der Waals surface area (Å²) in [5.41, 5.74) is 6.47. The second-order valence-corrected chi connectivity index (χ2v) is 4.64. The molecule has 0 aromatic heterocycles. The minimum absolute atomic E-state index is 0.0755. The Labute approximate surface area is 120 Å². The summed E-state index contributed by atoms with van der Waals surface area (Å²) in [5.74, 6) is 0.837. The van der Waals surface area contributed by atoms with Gasteiger partial charge in [0.05, 0.1) is 19.6 Å². The van der Waals surface area contributed by atoms with Crippen molar-refractivity contribution in [3.63, 3.8) is 0 Å². The molecule has 112 valence electrons. The molecule has 5 nitrogen and oxygen atoms in total. The fraction of sp³-hybridized carbons (Fsp3) is 0.533. The van der Waals surface area contributed by atoms with Gasteiger partial charge in [-0.05, 0) is 30.7 Å². The number of ether oxygens (including phenoxy) is 2. The number of methoxy groups -OCH3 is 1. The van der Waals surface area contributed by atoms with Crippen LogP contribution in [0.5, 0.6) is 5.75 Å². The molecule has 0 atom stereocenters. The Kier molecular flexibility index (Phi) is 7.69. The Balaban J connectivity index is 2.32. The average molecular weight is 280 g/mol. The molecule has 0 aliphatic heterocycles. The molecule has 0 saturated carbocycles. The van der Waals surface area contributed by atoms with E-state index in [1.807, 2.05) is 24.3 Å². The summed E-state index contributed by atoms with van der Waals surface area (Å²) in [5, 5.41) is 0. The van der Waals surface area contributed by atoms with Gasteiger partial charge in [0, 0.05) is 20.7 Å². The van der Waals surface area contributed by atoms with Crippen molar-refractivity contribution in [1.29, 1.82) is 0 Å². The first-order valence-corrected chi connectivity index (χ1v) is 6.82. The maximum atomic E-state index is 11.8. The first kappa shape index (κ1) is 16.5. The molecule has 5 heteroatoms. The lowest BCUT2D eigenvalue weighted by Crippen LogP contribution is -2.30. The van der Waals surface area contributed by atoms with Crippen LogP contribution in [0.2, 0.25) is 0 Å². The zero-order valence-corrected chi connectivity index (χ0v) is 12.3. The molecule has 1 aromatic carbocycles. The van der Waals surface area contributed by atoms with Gasteiger partial charge in [0.25, 0.3) is 0 Å². The van der Waals surface area contributed by atoms with E-state index in [9.17, 15) is 4.79 Å². The third-order valence-corrected chi connectivity index (χ3v) is 2.92. The van der Waals surface area contributed by atoms with Gasteiger partial charge in [-0.3, -0.25) is 4.79 Å². The molecule has 0 bridgehead atoms. The molecule has 0 fully saturated rings. The van der Waals surface area contributed by atoms with E-state index < -0.39 is 0 Å². The van der Waals surface area contributed by atoms with Gasteiger partial charge in [-0.25, -0.2) is 0 Å². The number of nitrogens with zero attached hydrogens (tertiary/aromatic N) is 1. The van der Waals surface area contributed by atoms with Crippen LogP contribution < -0.4 is 10.5 Å². The highest BCUT2D eigenvalue weighted by molar-refractivity contribution is 5.75. The minimum Gasteiger partial charge on any atom is -0.493 e. The van der Waals surface area contributed by atoms with Gasteiger partial charge >= 0.3 is 0 Å². The van der Waals surface area contributed by atoms with Crippen molar-refractivity contribution < 1.29 is 14.3 Å². The number of carbonyl (C=O) groups is 1. The van der Waals surface area contributed by atoms with E-state index in [0.717, 1.165) is 17.7 Å². The van der Waals surface area contributed by atoms with Crippen LogP contribution in [0, 0.1) is 0 Å². The summed E-state index contributed by atoms with van der Waals surface area (Å²) >= 11 is 0. The summed E-state index contributed by atoms with van der Waals surface area (Å²) in [4.78, 5) is 13.5. The smallest absolute Gasteiger partial charge is 0.225 e. The van der Waals surface area contributed by atoms with Crippen molar-refractivity contribution in [1.82, 2.24) is 4.90 Å². The average Bonchev–Trinajstić information content (AvgIpc) is 2.45. The number of benzene rings is 1. The Bertz CT molecular complexity index is 410. The number of hydrogen-bond acceptors (Lipinski definition) is 4. The second kappa shape index (κ2) is 9.34.